The van der Waals surface area contributed by atoms with Gasteiger partial charge in [-0.05, 0) is 27.7 Å². The third-order valence-corrected chi connectivity index (χ3v) is 2.64. The van der Waals surface area contributed by atoms with Gasteiger partial charge in [-0.2, -0.15) is 0 Å². The Morgan fingerprint density at radius 2 is 1.95 bits per heavy atom. The fraction of sp³-hybridized carbons (Fsp3) is 0.571. The fourth-order valence-electron chi connectivity index (χ4n) is 1.77. The van der Waals surface area contributed by atoms with Gasteiger partial charge in [0.25, 0.3) is 0 Å². The number of aromatic nitrogens is 1. The number of carboxylic acids is 1. The number of hydrogen-bond donors (Lipinski definition) is 2. The molecule has 2 N–H and O–H groups in total. The number of nitrogens with zero attached hydrogens (tertiary/aromatic N) is 1. The third-order valence-electron chi connectivity index (χ3n) is 2.64. The van der Waals surface area contributed by atoms with Crippen molar-refractivity contribution in [3.05, 3.63) is 17.5 Å². The quantitative estimate of drug-likeness (QED) is 0.771. The first kappa shape index (κ1) is 16.9. The van der Waals surface area contributed by atoms with Gasteiger partial charge < -0.3 is 14.9 Å². The van der Waals surface area contributed by atoms with Gasteiger partial charge in [0.05, 0.1) is 5.92 Å². The molecule has 0 aliphatic heterocycles. The first-order chi connectivity index (χ1) is 9.58. The van der Waals surface area contributed by atoms with Crippen LogP contribution in [0.25, 0.3) is 0 Å². The number of rotatable bonds is 6. The van der Waals surface area contributed by atoms with Gasteiger partial charge in [-0.15, -0.1) is 0 Å². The number of aryl methyl sites for hydroxylation is 1. The SMILES string of the molecule is Cc1cc(C(=O)C[C@@H](CC(=O)NC(C)(C)C)C(=O)O)no1. The van der Waals surface area contributed by atoms with Crippen LogP contribution >= 0.6 is 0 Å². The largest absolute Gasteiger partial charge is 0.481 e. The Kier molecular flexibility index (Phi) is 5.23. The Bertz CT molecular complexity index is 542. The summed E-state index contributed by atoms with van der Waals surface area (Å²) >= 11 is 0. The smallest absolute Gasteiger partial charge is 0.307 e. The molecule has 116 valence electrons. The van der Waals surface area contributed by atoms with E-state index in [1.165, 1.54) is 6.07 Å². The lowest BCUT2D eigenvalue weighted by Crippen LogP contribution is -2.42. The van der Waals surface area contributed by atoms with Crippen LogP contribution in [0.2, 0.25) is 0 Å². The van der Waals surface area contributed by atoms with E-state index in [1.54, 1.807) is 27.7 Å². The van der Waals surface area contributed by atoms with E-state index < -0.39 is 29.1 Å². The molecule has 7 nitrogen and oxygen atoms in total. The maximum absolute atomic E-state index is 11.9. The van der Waals surface area contributed by atoms with Gasteiger partial charge in [-0.1, -0.05) is 5.16 Å². The maximum atomic E-state index is 11.9. The predicted octanol–water partition coefficient (Wildman–Crippen LogP) is 1.56. The molecule has 0 radical (unpaired) electrons. The monoisotopic (exact) mass is 296 g/mol. The molecule has 0 aliphatic rings. The number of ketones is 1. The standard InChI is InChI=1S/C14H20N2O5/c1-8-5-10(16-21-8)11(17)6-9(13(19)20)7-12(18)15-14(2,3)4/h5,9H,6-7H2,1-4H3,(H,15,18)(H,19,20)/t9-/m0/s1. The van der Waals surface area contributed by atoms with Crippen molar-refractivity contribution < 1.29 is 24.0 Å². The number of amides is 1. The van der Waals surface area contributed by atoms with E-state index in [0.717, 1.165) is 0 Å². The Labute approximate surface area is 122 Å². The lowest BCUT2D eigenvalue weighted by Gasteiger charge is -2.21. The fourth-order valence-corrected chi connectivity index (χ4v) is 1.77. The zero-order chi connectivity index (χ0) is 16.2. The minimum Gasteiger partial charge on any atom is -0.481 e. The molecule has 0 saturated carbocycles. The summed E-state index contributed by atoms with van der Waals surface area (Å²) in [5.74, 6) is -2.66. The van der Waals surface area contributed by atoms with E-state index in [0.29, 0.717) is 5.76 Å². The van der Waals surface area contributed by atoms with Crippen LogP contribution in [0.1, 0.15) is 49.9 Å². The van der Waals surface area contributed by atoms with Crippen molar-refractivity contribution in [2.24, 2.45) is 5.92 Å². The molecule has 1 aromatic heterocycles. The van der Waals surface area contributed by atoms with Gasteiger partial charge in [0, 0.05) is 24.4 Å². The molecule has 21 heavy (non-hydrogen) atoms. The molecular weight excluding hydrogens is 276 g/mol. The van der Waals surface area contributed by atoms with Crippen LogP contribution in [0.3, 0.4) is 0 Å². The highest BCUT2D eigenvalue weighted by atomic mass is 16.5. The second kappa shape index (κ2) is 6.51. The van der Waals surface area contributed by atoms with E-state index in [1.807, 2.05) is 0 Å². The predicted molar refractivity (Wildman–Crippen MR) is 73.8 cm³/mol. The van der Waals surface area contributed by atoms with Crippen LogP contribution in [0.5, 0.6) is 0 Å². The van der Waals surface area contributed by atoms with Crippen LogP contribution < -0.4 is 5.32 Å². The van der Waals surface area contributed by atoms with Crippen molar-refractivity contribution in [1.82, 2.24) is 10.5 Å². The zero-order valence-electron chi connectivity index (χ0n) is 12.6. The minimum atomic E-state index is -1.19. The first-order valence-corrected chi connectivity index (χ1v) is 6.59. The number of carbonyl (C=O) groups is 3. The van der Waals surface area contributed by atoms with Crippen molar-refractivity contribution >= 4 is 17.7 Å². The summed E-state index contributed by atoms with van der Waals surface area (Å²) in [5, 5.41) is 15.4. The van der Waals surface area contributed by atoms with Gasteiger partial charge in [-0.25, -0.2) is 0 Å². The van der Waals surface area contributed by atoms with E-state index >= 15 is 0 Å². The molecule has 1 atom stereocenters. The van der Waals surface area contributed by atoms with Crippen molar-refractivity contribution in [2.75, 3.05) is 0 Å². The van der Waals surface area contributed by atoms with Crippen molar-refractivity contribution in [3.8, 4) is 0 Å². The summed E-state index contributed by atoms with van der Waals surface area (Å²) in [7, 11) is 0. The molecule has 0 fully saturated rings. The normalized spacial score (nSPS) is 12.8. The van der Waals surface area contributed by atoms with Gasteiger partial charge in [0.1, 0.15) is 11.5 Å². The topological polar surface area (TPSA) is 110 Å². The number of nitrogens with one attached hydrogen (secondary N) is 1. The molecule has 0 bridgehead atoms. The number of carbonyl (C=O) groups excluding carboxylic acids is 2. The van der Waals surface area contributed by atoms with E-state index in [2.05, 4.69) is 10.5 Å². The highest BCUT2D eigenvalue weighted by molar-refractivity contribution is 5.97. The summed E-state index contributed by atoms with van der Waals surface area (Å²) in [5.41, 5.74) is -0.372. The van der Waals surface area contributed by atoms with Crippen LogP contribution in [0.4, 0.5) is 0 Å². The minimum absolute atomic E-state index is 0.0787. The number of Topliss-reactive ketones (excluding diaryl/α,β-unsaturated/α-hetero) is 1. The van der Waals surface area contributed by atoms with Crippen LogP contribution in [-0.4, -0.2) is 33.5 Å². The molecule has 1 rings (SSSR count). The number of hydrogen-bond acceptors (Lipinski definition) is 5. The zero-order valence-corrected chi connectivity index (χ0v) is 12.6. The lowest BCUT2D eigenvalue weighted by molar-refractivity contribution is -0.144. The average Bonchev–Trinajstić information content (AvgIpc) is 2.72. The molecule has 7 heteroatoms. The van der Waals surface area contributed by atoms with E-state index in [4.69, 9.17) is 9.63 Å². The molecule has 0 aromatic carbocycles. The van der Waals surface area contributed by atoms with Crippen LogP contribution in [0.15, 0.2) is 10.6 Å². The molecule has 1 aromatic rings. The van der Waals surface area contributed by atoms with Crippen LogP contribution in [0, 0.1) is 12.8 Å². The Balaban J connectivity index is 2.68. The summed E-state index contributed by atoms with van der Waals surface area (Å²) in [6.07, 6.45) is -0.548. The lowest BCUT2D eigenvalue weighted by atomic mass is 9.96. The van der Waals surface area contributed by atoms with Crippen molar-refractivity contribution in [3.63, 3.8) is 0 Å². The van der Waals surface area contributed by atoms with E-state index in [-0.39, 0.29) is 18.5 Å². The second-order valence-electron chi connectivity index (χ2n) is 5.99. The van der Waals surface area contributed by atoms with Crippen molar-refractivity contribution in [1.29, 1.82) is 0 Å². The van der Waals surface area contributed by atoms with Gasteiger partial charge in [-0.3, -0.25) is 14.4 Å². The summed E-state index contributed by atoms with van der Waals surface area (Å²) in [4.78, 5) is 34.9. The summed E-state index contributed by atoms with van der Waals surface area (Å²) in [6, 6.07) is 1.44. The van der Waals surface area contributed by atoms with Crippen molar-refractivity contribution in [2.45, 2.75) is 46.1 Å². The molecule has 0 aliphatic carbocycles. The molecular formula is C14H20N2O5. The van der Waals surface area contributed by atoms with Crippen LogP contribution in [-0.2, 0) is 9.59 Å². The average molecular weight is 296 g/mol. The molecule has 1 amide bonds. The summed E-state index contributed by atoms with van der Waals surface area (Å²) in [6.45, 7) is 7.02. The molecule has 0 saturated heterocycles. The molecule has 0 unspecified atom stereocenters. The van der Waals surface area contributed by atoms with Gasteiger partial charge in [0.15, 0.2) is 5.78 Å². The Hall–Kier alpha value is -2.18. The van der Waals surface area contributed by atoms with E-state index in [9.17, 15) is 14.4 Å². The molecule has 1 heterocycles. The highest BCUT2D eigenvalue weighted by Crippen LogP contribution is 2.15. The highest BCUT2D eigenvalue weighted by Gasteiger charge is 2.27. The summed E-state index contributed by atoms with van der Waals surface area (Å²) < 4.78 is 4.78. The Morgan fingerprint density at radius 1 is 1.33 bits per heavy atom. The third kappa shape index (κ3) is 5.76. The van der Waals surface area contributed by atoms with Gasteiger partial charge >= 0.3 is 5.97 Å². The second-order valence-corrected chi connectivity index (χ2v) is 5.99. The Morgan fingerprint density at radius 3 is 2.38 bits per heavy atom. The molecule has 0 spiro atoms. The number of carboxylic acid groups (broad SMARTS) is 1. The maximum Gasteiger partial charge on any atom is 0.307 e. The first-order valence-electron chi connectivity index (χ1n) is 6.59. The number of aliphatic carboxylic acids is 1. The van der Waals surface area contributed by atoms with Gasteiger partial charge in [0.2, 0.25) is 5.91 Å².